The molecule has 0 bridgehead atoms. The molecule has 3 rings (SSSR count). The molecular formula is C15H21NO2. The van der Waals surface area contributed by atoms with Crippen LogP contribution < -0.4 is 15.2 Å². The van der Waals surface area contributed by atoms with Crippen LogP contribution in [-0.2, 0) is 5.54 Å². The highest BCUT2D eigenvalue weighted by atomic mass is 16.6. The van der Waals surface area contributed by atoms with E-state index in [1.165, 1.54) is 19.3 Å². The van der Waals surface area contributed by atoms with Crippen LogP contribution in [0.3, 0.4) is 0 Å². The van der Waals surface area contributed by atoms with E-state index in [9.17, 15) is 0 Å². The van der Waals surface area contributed by atoms with E-state index in [1.54, 1.807) is 0 Å². The van der Waals surface area contributed by atoms with Gasteiger partial charge in [-0.25, -0.2) is 0 Å². The zero-order valence-electron chi connectivity index (χ0n) is 11.0. The number of benzene rings is 1. The maximum absolute atomic E-state index is 6.62. The molecule has 0 spiro atoms. The van der Waals surface area contributed by atoms with E-state index in [-0.39, 0.29) is 5.54 Å². The fourth-order valence-corrected chi connectivity index (χ4v) is 3.12. The fraction of sp³-hybridized carbons (Fsp3) is 0.600. The van der Waals surface area contributed by atoms with Crippen molar-refractivity contribution in [1.29, 1.82) is 0 Å². The number of hydrogen-bond acceptors (Lipinski definition) is 3. The van der Waals surface area contributed by atoms with Gasteiger partial charge < -0.3 is 15.2 Å². The summed E-state index contributed by atoms with van der Waals surface area (Å²) in [5.41, 5.74) is 8.67. The van der Waals surface area contributed by atoms with Crippen molar-refractivity contribution in [2.75, 3.05) is 13.2 Å². The van der Waals surface area contributed by atoms with E-state index < -0.39 is 0 Å². The third-order valence-corrected chi connectivity index (χ3v) is 4.17. The molecule has 1 saturated carbocycles. The molecule has 1 aliphatic carbocycles. The maximum atomic E-state index is 6.62. The number of fused-ring (bicyclic) bond motifs is 1. The average Bonchev–Trinajstić information content (AvgIpc) is 2.40. The van der Waals surface area contributed by atoms with Crippen molar-refractivity contribution in [3.05, 3.63) is 23.3 Å². The first-order chi connectivity index (χ1) is 8.71. The van der Waals surface area contributed by atoms with Crippen molar-refractivity contribution in [1.82, 2.24) is 0 Å². The lowest BCUT2D eigenvalue weighted by Gasteiger charge is -2.36. The van der Waals surface area contributed by atoms with Gasteiger partial charge in [0.25, 0.3) is 0 Å². The Labute approximate surface area is 108 Å². The normalized spacial score (nSPS) is 21.7. The molecule has 0 saturated heterocycles. The number of ether oxygens (including phenoxy) is 2. The highest BCUT2D eigenvalue weighted by molar-refractivity contribution is 5.54. The smallest absolute Gasteiger partial charge is 0.166 e. The second kappa shape index (κ2) is 4.47. The fourth-order valence-electron chi connectivity index (χ4n) is 3.12. The van der Waals surface area contributed by atoms with Crippen LogP contribution in [0, 0.1) is 6.92 Å². The third kappa shape index (κ3) is 1.87. The highest BCUT2D eigenvalue weighted by Gasteiger charge is 2.34. The summed E-state index contributed by atoms with van der Waals surface area (Å²) in [6.07, 6.45) is 5.81. The Morgan fingerprint density at radius 2 is 1.67 bits per heavy atom. The molecule has 3 nitrogen and oxygen atoms in total. The van der Waals surface area contributed by atoms with E-state index >= 15 is 0 Å². The summed E-state index contributed by atoms with van der Waals surface area (Å²) in [5.74, 6) is 1.79. The molecule has 0 aromatic heterocycles. The van der Waals surface area contributed by atoms with Crippen LogP contribution in [-0.4, -0.2) is 13.2 Å². The van der Waals surface area contributed by atoms with Crippen molar-refractivity contribution in [2.24, 2.45) is 5.73 Å². The summed E-state index contributed by atoms with van der Waals surface area (Å²) in [7, 11) is 0. The highest BCUT2D eigenvalue weighted by Crippen LogP contribution is 2.45. The van der Waals surface area contributed by atoms with Gasteiger partial charge in [0.2, 0.25) is 0 Å². The molecule has 2 aliphatic rings. The molecule has 0 amide bonds. The Balaban J connectivity index is 2.06. The van der Waals surface area contributed by atoms with Crippen LogP contribution >= 0.6 is 0 Å². The molecule has 1 aliphatic heterocycles. The topological polar surface area (TPSA) is 44.5 Å². The molecular weight excluding hydrogens is 226 g/mol. The number of aryl methyl sites for hydroxylation is 1. The second-order valence-electron chi connectivity index (χ2n) is 5.50. The number of hydrogen-bond donors (Lipinski definition) is 1. The van der Waals surface area contributed by atoms with Crippen LogP contribution in [0.4, 0.5) is 0 Å². The summed E-state index contributed by atoms with van der Waals surface area (Å²) in [6, 6.07) is 4.24. The van der Waals surface area contributed by atoms with E-state index in [0.29, 0.717) is 13.2 Å². The van der Waals surface area contributed by atoms with Crippen LogP contribution in [0.1, 0.15) is 43.2 Å². The van der Waals surface area contributed by atoms with Crippen molar-refractivity contribution >= 4 is 0 Å². The lowest BCUT2D eigenvalue weighted by Crippen LogP contribution is -2.39. The Bertz CT molecular complexity index is 450. The van der Waals surface area contributed by atoms with Gasteiger partial charge in [-0.1, -0.05) is 31.4 Å². The SMILES string of the molecule is Cc1ccc(C2(N)CCCCC2)c2c1OCCO2. The van der Waals surface area contributed by atoms with Crippen molar-refractivity contribution in [3.8, 4) is 11.5 Å². The molecule has 1 aromatic carbocycles. The summed E-state index contributed by atoms with van der Waals surface area (Å²) >= 11 is 0. The van der Waals surface area contributed by atoms with Gasteiger partial charge >= 0.3 is 0 Å². The average molecular weight is 247 g/mol. The Kier molecular flexibility index (Phi) is 2.94. The first kappa shape index (κ1) is 11.8. The van der Waals surface area contributed by atoms with Gasteiger partial charge in [0.05, 0.1) is 0 Å². The maximum Gasteiger partial charge on any atom is 0.166 e. The van der Waals surface area contributed by atoms with Gasteiger partial charge in [-0.3, -0.25) is 0 Å². The Hall–Kier alpha value is -1.22. The van der Waals surface area contributed by atoms with Gasteiger partial charge in [-0.2, -0.15) is 0 Å². The summed E-state index contributed by atoms with van der Waals surface area (Å²) in [4.78, 5) is 0. The second-order valence-corrected chi connectivity index (χ2v) is 5.50. The first-order valence-corrected chi connectivity index (χ1v) is 6.89. The van der Waals surface area contributed by atoms with E-state index in [0.717, 1.165) is 35.5 Å². The monoisotopic (exact) mass is 247 g/mol. The first-order valence-electron chi connectivity index (χ1n) is 6.89. The molecule has 1 heterocycles. The quantitative estimate of drug-likeness (QED) is 0.830. The summed E-state index contributed by atoms with van der Waals surface area (Å²) in [6.45, 7) is 3.32. The van der Waals surface area contributed by atoms with Gasteiger partial charge in [0.15, 0.2) is 11.5 Å². The summed E-state index contributed by atoms with van der Waals surface area (Å²) < 4.78 is 11.6. The Morgan fingerprint density at radius 3 is 2.39 bits per heavy atom. The standard InChI is InChI=1S/C15H21NO2/c1-11-5-6-12(14-13(11)17-9-10-18-14)15(16)7-3-2-4-8-15/h5-6H,2-4,7-10,16H2,1H3. The molecule has 2 N–H and O–H groups in total. The molecule has 3 heteroatoms. The minimum absolute atomic E-state index is 0.225. The van der Waals surface area contributed by atoms with Gasteiger partial charge in [-0.05, 0) is 25.3 Å². The molecule has 1 aromatic rings. The molecule has 0 radical (unpaired) electrons. The number of rotatable bonds is 1. The lowest BCUT2D eigenvalue weighted by atomic mass is 9.76. The van der Waals surface area contributed by atoms with Gasteiger partial charge in [-0.15, -0.1) is 0 Å². The van der Waals surface area contributed by atoms with E-state index in [4.69, 9.17) is 15.2 Å². The van der Waals surface area contributed by atoms with E-state index in [2.05, 4.69) is 19.1 Å². The lowest BCUT2D eigenvalue weighted by molar-refractivity contribution is 0.163. The van der Waals surface area contributed by atoms with Crippen LogP contribution in [0.25, 0.3) is 0 Å². The van der Waals surface area contributed by atoms with Crippen molar-refractivity contribution < 1.29 is 9.47 Å². The molecule has 98 valence electrons. The summed E-state index contributed by atoms with van der Waals surface area (Å²) in [5, 5.41) is 0. The molecule has 0 atom stereocenters. The van der Waals surface area contributed by atoms with E-state index in [1.807, 2.05) is 0 Å². The Morgan fingerprint density at radius 1 is 1.00 bits per heavy atom. The number of nitrogens with two attached hydrogens (primary N) is 1. The minimum atomic E-state index is -0.225. The molecule has 1 fully saturated rings. The zero-order chi connectivity index (χ0) is 12.6. The van der Waals surface area contributed by atoms with Crippen LogP contribution in [0.15, 0.2) is 12.1 Å². The predicted molar refractivity (Wildman–Crippen MR) is 71.1 cm³/mol. The largest absolute Gasteiger partial charge is 0.486 e. The van der Waals surface area contributed by atoms with Crippen molar-refractivity contribution in [3.63, 3.8) is 0 Å². The van der Waals surface area contributed by atoms with Crippen LogP contribution in [0.2, 0.25) is 0 Å². The molecule has 0 unspecified atom stereocenters. The van der Waals surface area contributed by atoms with Gasteiger partial charge in [0.1, 0.15) is 13.2 Å². The molecule has 18 heavy (non-hydrogen) atoms. The minimum Gasteiger partial charge on any atom is -0.486 e. The van der Waals surface area contributed by atoms with Crippen molar-refractivity contribution in [2.45, 2.75) is 44.6 Å². The third-order valence-electron chi connectivity index (χ3n) is 4.17. The predicted octanol–water partition coefficient (Wildman–Crippen LogP) is 2.88. The van der Waals surface area contributed by atoms with Crippen LogP contribution in [0.5, 0.6) is 11.5 Å². The van der Waals surface area contributed by atoms with Gasteiger partial charge in [0, 0.05) is 11.1 Å². The zero-order valence-corrected chi connectivity index (χ0v) is 11.0.